The first kappa shape index (κ1) is 17.0. The van der Waals surface area contributed by atoms with Crippen LogP contribution in [0.3, 0.4) is 0 Å². The molecule has 0 aromatic rings. The zero-order valence-corrected chi connectivity index (χ0v) is 11.7. The fraction of sp³-hybridized carbons (Fsp3) is 1.00. The van der Waals surface area contributed by atoms with Gasteiger partial charge in [-0.2, -0.15) is 0 Å². The van der Waals surface area contributed by atoms with Gasteiger partial charge in [-0.05, 0) is 0 Å². The van der Waals surface area contributed by atoms with Crippen molar-refractivity contribution in [3.63, 3.8) is 0 Å². The molecule has 0 radical (unpaired) electrons. The summed E-state index contributed by atoms with van der Waals surface area (Å²) in [5, 5.41) is 9.20. The minimum absolute atomic E-state index is 0.0128. The van der Waals surface area contributed by atoms with Gasteiger partial charge in [0.2, 0.25) is 0 Å². The van der Waals surface area contributed by atoms with Gasteiger partial charge < -0.3 is 28.3 Å². The third-order valence-corrected chi connectivity index (χ3v) is 2.76. The van der Waals surface area contributed by atoms with Crippen LogP contribution in [0, 0.1) is 0 Å². The molecule has 8 heteroatoms. The largest absolute Gasteiger partial charge is 0.756 e. The van der Waals surface area contributed by atoms with E-state index in [1.54, 1.807) is 0 Å². The molecule has 0 fully saturated rings. The van der Waals surface area contributed by atoms with E-state index in [0.717, 1.165) is 0 Å². The number of ether oxygens (including phenoxy) is 1. The zero-order chi connectivity index (χ0) is 13.5. The van der Waals surface area contributed by atoms with Gasteiger partial charge in [0.1, 0.15) is 19.3 Å². The number of rotatable bonds is 9. The van der Waals surface area contributed by atoms with E-state index < -0.39 is 13.9 Å². The van der Waals surface area contributed by atoms with Crippen LogP contribution in [-0.4, -0.2) is 70.3 Å². The highest BCUT2D eigenvalue weighted by Crippen LogP contribution is 2.38. The maximum atomic E-state index is 11.2. The van der Waals surface area contributed by atoms with E-state index in [1.807, 2.05) is 21.1 Å². The molecule has 0 heterocycles. The second-order valence-electron chi connectivity index (χ2n) is 4.70. The molecule has 0 aliphatic rings. The van der Waals surface area contributed by atoms with E-state index in [1.165, 1.54) is 7.11 Å². The monoisotopic (exact) mass is 271 g/mol. The van der Waals surface area contributed by atoms with Gasteiger partial charge >= 0.3 is 0 Å². The number of likely N-dealkylation sites (N-methyl/N-ethyl adjacent to an activating group) is 1. The summed E-state index contributed by atoms with van der Waals surface area (Å²) >= 11 is 0. The Morgan fingerprint density at radius 3 is 2.35 bits per heavy atom. The third-order valence-electron chi connectivity index (χ3n) is 1.80. The summed E-state index contributed by atoms with van der Waals surface area (Å²) < 4.78 is 25.6. The lowest BCUT2D eigenvalue weighted by Crippen LogP contribution is -2.37. The first-order valence-electron chi connectivity index (χ1n) is 5.24. The van der Waals surface area contributed by atoms with E-state index in [9.17, 15) is 14.6 Å². The van der Waals surface area contributed by atoms with Crippen molar-refractivity contribution in [2.75, 3.05) is 54.6 Å². The Hall–Kier alpha value is -0.0100. The first-order valence-corrected chi connectivity index (χ1v) is 6.70. The Kier molecular flexibility index (Phi) is 7.43. The highest BCUT2D eigenvalue weighted by Gasteiger charge is 2.15. The second-order valence-corrected chi connectivity index (χ2v) is 6.11. The molecule has 2 atom stereocenters. The molecule has 7 nitrogen and oxygen atoms in total. The highest BCUT2D eigenvalue weighted by molar-refractivity contribution is 7.45. The van der Waals surface area contributed by atoms with Crippen molar-refractivity contribution in [3.8, 4) is 0 Å². The van der Waals surface area contributed by atoms with E-state index in [0.29, 0.717) is 11.0 Å². The first-order chi connectivity index (χ1) is 7.66. The number of aliphatic hydroxyl groups excluding tert-OH is 1. The number of phosphoric acid groups is 1. The zero-order valence-electron chi connectivity index (χ0n) is 10.8. The lowest BCUT2D eigenvalue weighted by molar-refractivity contribution is -0.870. The number of hydrogen-bond acceptors (Lipinski definition) is 6. The van der Waals surface area contributed by atoms with E-state index >= 15 is 0 Å². The molecule has 0 amide bonds. The predicted octanol–water partition coefficient (Wildman–Crippen LogP) is -0.798. The average molecular weight is 271 g/mol. The number of quaternary nitrogens is 1. The van der Waals surface area contributed by atoms with E-state index in [4.69, 9.17) is 0 Å². The Balaban J connectivity index is 3.84. The molecule has 1 N–H and O–H groups in total. The van der Waals surface area contributed by atoms with Crippen molar-refractivity contribution in [1.29, 1.82) is 0 Å². The lowest BCUT2D eigenvalue weighted by atomic mass is 10.4. The van der Waals surface area contributed by atoms with Crippen LogP contribution in [0.4, 0.5) is 0 Å². The fourth-order valence-electron chi connectivity index (χ4n) is 0.882. The Morgan fingerprint density at radius 1 is 1.29 bits per heavy atom. The van der Waals surface area contributed by atoms with Crippen LogP contribution in [0.1, 0.15) is 0 Å². The molecule has 0 saturated carbocycles. The quantitative estimate of drug-likeness (QED) is 0.436. The van der Waals surface area contributed by atoms with Crippen LogP contribution < -0.4 is 4.89 Å². The molecule has 2 unspecified atom stereocenters. The van der Waals surface area contributed by atoms with Crippen LogP contribution in [0.5, 0.6) is 0 Å². The Morgan fingerprint density at radius 2 is 1.88 bits per heavy atom. The van der Waals surface area contributed by atoms with E-state index in [2.05, 4.69) is 13.8 Å². The minimum Gasteiger partial charge on any atom is -0.756 e. The molecular weight excluding hydrogens is 249 g/mol. The summed E-state index contributed by atoms with van der Waals surface area (Å²) in [4.78, 5) is 11.2. The smallest absolute Gasteiger partial charge is 0.268 e. The molecule has 17 heavy (non-hydrogen) atoms. The second kappa shape index (κ2) is 7.43. The molecule has 0 aliphatic carbocycles. The summed E-state index contributed by atoms with van der Waals surface area (Å²) in [5.74, 6) is 0. The Bertz CT molecular complexity index is 254. The van der Waals surface area contributed by atoms with Crippen LogP contribution in [0.15, 0.2) is 0 Å². The Labute approximate surface area is 102 Å². The number of methoxy groups -OCH3 is 1. The molecule has 0 aromatic carbocycles. The van der Waals surface area contributed by atoms with Crippen molar-refractivity contribution < 1.29 is 32.8 Å². The SMILES string of the molecule is COCC(O)COP(=O)([O-])OCC[N+](C)(C)C. The van der Waals surface area contributed by atoms with Gasteiger partial charge in [0.25, 0.3) is 7.82 Å². The van der Waals surface area contributed by atoms with Gasteiger partial charge in [0.15, 0.2) is 0 Å². The molecule has 0 aliphatic heterocycles. The van der Waals surface area contributed by atoms with Crippen molar-refractivity contribution >= 4 is 7.82 Å². The topological polar surface area (TPSA) is 88.0 Å². The van der Waals surface area contributed by atoms with Gasteiger partial charge in [-0.25, -0.2) is 0 Å². The molecule has 0 rings (SSSR count). The number of aliphatic hydroxyl groups is 1. The maximum absolute atomic E-state index is 11.2. The highest BCUT2D eigenvalue weighted by atomic mass is 31.2. The summed E-state index contributed by atoms with van der Waals surface area (Å²) in [5.41, 5.74) is 0. The number of nitrogens with zero attached hydrogens (tertiary/aromatic N) is 1. The minimum atomic E-state index is -4.33. The molecule has 0 bridgehead atoms. The van der Waals surface area contributed by atoms with Crippen molar-refractivity contribution in [3.05, 3.63) is 0 Å². The van der Waals surface area contributed by atoms with Gasteiger partial charge in [-0.3, -0.25) is 4.57 Å². The summed E-state index contributed by atoms with van der Waals surface area (Å²) in [6.45, 7) is 0.235. The predicted molar refractivity (Wildman–Crippen MR) is 60.3 cm³/mol. The van der Waals surface area contributed by atoms with Crippen molar-refractivity contribution in [2.45, 2.75) is 6.10 Å². The number of hydrogen-bond donors (Lipinski definition) is 1. The van der Waals surface area contributed by atoms with E-state index in [-0.39, 0.29) is 19.8 Å². The van der Waals surface area contributed by atoms with Crippen LogP contribution >= 0.6 is 7.82 Å². The molecule has 0 spiro atoms. The molecular formula is C9H22NO6P. The standard InChI is InChI=1S/C9H22NO6P/c1-10(2,3)5-6-15-17(12,13)16-8-9(11)7-14-4/h9,11H,5-8H2,1-4H3. The lowest BCUT2D eigenvalue weighted by Gasteiger charge is -2.27. The molecule has 0 saturated heterocycles. The van der Waals surface area contributed by atoms with Crippen LogP contribution in [-0.2, 0) is 18.3 Å². The van der Waals surface area contributed by atoms with Crippen molar-refractivity contribution in [1.82, 2.24) is 0 Å². The molecule has 0 aromatic heterocycles. The van der Waals surface area contributed by atoms with Gasteiger partial charge in [-0.1, -0.05) is 0 Å². The van der Waals surface area contributed by atoms with Gasteiger partial charge in [-0.15, -0.1) is 0 Å². The average Bonchev–Trinajstić information content (AvgIpc) is 2.13. The normalized spacial score (nSPS) is 17.8. The third kappa shape index (κ3) is 10.8. The van der Waals surface area contributed by atoms with Gasteiger partial charge in [0.05, 0.1) is 34.4 Å². The summed E-state index contributed by atoms with van der Waals surface area (Å²) in [6, 6.07) is 0. The molecule has 104 valence electrons. The van der Waals surface area contributed by atoms with Crippen LogP contribution in [0.25, 0.3) is 0 Å². The van der Waals surface area contributed by atoms with Gasteiger partial charge in [0, 0.05) is 7.11 Å². The summed E-state index contributed by atoms with van der Waals surface area (Å²) in [6.07, 6.45) is -0.982. The fourth-order valence-corrected chi connectivity index (χ4v) is 1.62. The van der Waals surface area contributed by atoms with Crippen LogP contribution in [0.2, 0.25) is 0 Å². The maximum Gasteiger partial charge on any atom is 0.268 e. The van der Waals surface area contributed by atoms with Crippen molar-refractivity contribution in [2.24, 2.45) is 0 Å². The summed E-state index contributed by atoms with van der Waals surface area (Å²) in [7, 11) is 2.83. The number of phosphoric ester groups is 1.